The number of rotatable bonds is 3. The van der Waals surface area contributed by atoms with Crippen molar-refractivity contribution in [3.8, 4) is 0 Å². The molecule has 0 atom stereocenters. The Hall–Kier alpha value is -1.65. The lowest BCUT2D eigenvalue weighted by molar-refractivity contribution is 0.0434. The first-order valence-corrected chi connectivity index (χ1v) is 7.58. The fraction of sp³-hybridized carbons (Fsp3) is 0.375. The second-order valence-corrected chi connectivity index (χ2v) is 5.62. The summed E-state index contributed by atoms with van der Waals surface area (Å²) in [5, 5.41) is 3.97. The van der Waals surface area contributed by atoms with Crippen LogP contribution in [0.4, 0.5) is 0 Å². The summed E-state index contributed by atoms with van der Waals surface area (Å²) >= 11 is 6.10. The molecule has 3 rings (SSSR count). The SMILES string of the molecule is O=C(NC1(CCl)CCOCC1)c1cccc2ncccc12. The third-order valence-electron chi connectivity index (χ3n) is 3.97. The Labute approximate surface area is 128 Å². The summed E-state index contributed by atoms with van der Waals surface area (Å²) in [4.78, 5) is 16.9. The molecule has 0 radical (unpaired) electrons. The number of alkyl halides is 1. The van der Waals surface area contributed by atoms with Crippen molar-refractivity contribution in [2.75, 3.05) is 19.1 Å². The summed E-state index contributed by atoms with van der Waals surface area (Å²) in [6, 6.07) is 9.32. The van der Waals surface area contributed by atoms with Gasteiger partial charge in [0.2, 0.25) is 0 Å². The highest BCUT2D eigenvalue weighted by molar-refractivity contribution is 6.19. The van der Waals surface area contributed by atoms with E-state index in [-0.39, 0.29) is 11.4 Å². The fourth-order valence-corrected chi connectivity index (χ4v) is 3.00. The van der Waals surface area contributed by atoms with Crippen molar-refractivity contribution in [1.82, 2.24) is 10.3 Å². The molecule has 1 aromatic heterocycles. The number of fused-ring (bicyclic) bond motifs is 1. The van der Waals surface area contributed by atoms with E-state index in [1.54, 1.807) is 6.20 Å². The zero-order valence-electron chi connectivity index (χ0n) is 11.6. The van der Waals surface area contributed by atoms with E-state index in [2.05, 4.69) is 10.3 Å². The minimum absolute atomic E-state index is 0.101. The average molecular weight is 305 g/mol. The van der Waals surface area contributed by atoms with Crippen molar-refractivity contribution in [3.05, 3.63) is 42.1 Å². The fourth-order valence-electron chi connectivity index (χ4n) is 2.66. The number of hydrogen-bond donors (Lipinski definition) is 1. The maximum atomic E-state index is 12.7. The zero-order valence-corrected chi connectivity index (χ0v) is 12.4. The largest absolute Gasteiger partial charge is 0.381 e. The average Bonchev–Trinajstić information content (AvgIpc) is 2.55. The first-order valence-electron chi connectivity index (χ1n) is 7.04. The Morgan fingerprint density at radius 3 is 2.86 bits per heavy atom. The van der Waals surface area contributed by atoms with Gasteiger partial charge < -0.3 is 10.1 Å². The van der Waals surface area contributed by atoms with Crippen LogP contribution in [0.2, 0.25) is 0 Å². The Balaban J connectivity index is 1.90. The Bertz CT molecular complexity index is 648. The van der Waals surface area contributed by atoms with Crippen LogP contribution < -0.4 is 5.32 Å². The van der Waals surface area contributed by atoms with E-state index in [0.29, 0.717) is 24.7 Å². The van der Waals surface area contributed by atoms with Gasteiger partial charge in [-0.3, -0.25) is 9.78 Å². The van der Waals surface area contributed by atoms with Gasteiger partial charge in [0.1, 0.15) is 0 Å². The summed E-state index contributed by atoms with van der Waals surface area (Å²) in [6.07, 6.45) is 3.21. The number of halogens is 1. The van der Waals surface area contributed by atoms with Gasteiger partial charge in [-0.05, 0) is 31.0 Å². The zero-order chi connectivity index (χ0) is 14.7. The normalized spacial score (nSPS) is 17.6. The first kappa shape index (κ1) is 14.3. The molecule has 1 aliphatic heterocycles. The molecule has 0 aliphatic carbocycles. The highest BCUT2D eigenvalue weighted by atomic mass is 35.5. The molecule has 21 heavy (non-hydrogen) atoms. The highest BCUT2D eigenvalue weighted by Gasteiger charge is 2.33. The van der Waals surface area contributed by atoms with Crippen LogP contribution in [0.5, 0.6) is 0 Å². The molecule has 2 aromatic rings. The summed E-state index contributed by atoms with van der Waals surface area (Å²) in [5.41, 5.74) is 1.08. The lowest BCUT2D eigenvalue weighted by Crippen LogP contribution is -2.53. The molecule has 0 saturated carbocycles. The summed E-state index contributed by atoms with van der Waals surface area (Å²) in [7, 11) is 0. The standard InChI is InChI=1S/C16H17ClN2O2/c17-11-16(6-9-21-10-7-16)19-15(20)13-3-1-5-14-12(13)4-2-8-18-14/h1-5,8H,6-7,9-11H2,(H,19,20). The number of pyridine rings is 1. The van der Waals surface area contributed by atoms with Gasteiger partial charge in [-0.1, -0.05) is 12.1 Å². The van der Waals surface area contributed by atoms with Crippen LogP contribution in [0.3, 0.4) is 0 Å². The molecule has 1 saturated heterocycles. The van der Waals surface area contributed by atoms with Gasteiger partial charge in [-0.2, -0.15) is 0 Å². The van der Waals surface area contributed by atoms with E-state index in [9.17, 15) is 4.79 Å². The second-order valence-electron chi connectivity index (χ2n) is 5.36. The molecule has 0 unspecified atom stereocenters. The number of aromatic nitrogens is 1. The van der Waals surface area contributed by atoms with E-state index < -0.39 is 0 Å². The number of benzene rings is 1. The first-order chi connectivity index (χ1) is 10.2. The Kier molecular flexibility index (Phi) is 4.08. The van der Waals surface area contributed by atoms with Gasteiger partial charge in [0.05, 0.1) is 11.1 Å². The van der Waals surface area contributed by atoms with Crippen LogP contribution in [-0.4, -0.2) is 35.5 Å². The number of carbonyl (C=O) groups is 1. The van der Waals surface area contributed by atoms with Crippen LogP contribution in [-0.2, 0) is 4.74 Å². The monoisotopic (exact) mass is 304 g/mol. The summed E-state index contributed by atoms with van der Waals surface area (Å²) < 4.78 is 5.36. The molecule has 0 spiro atoms. The van der Waals surface area contributed by atoms with Crippen molar-refractivity contribution < 1.29 is 9.53 Å². The molecular weight excluding hydrogens is 288 g/mol. The number of nitrogens with one attached hydrogen (secondary N) is 1. The van der Waals surface area contributed by atoms with Crippen LogP contribution >= 0.6 is 11.6 Å². The van der Waals surface area contributed by atoms with Crippen molar-refractivity contribution in [2.24, 2.45) is 0 Å². The van der Waals surface area contributed by atoms with E-state index >= 15 is 0 Å². The van der Waals surface area contributed by atoms with E-state index in [0.717, 1.165) is 23.7 Å². The Morgan fingerprint density at radius 2 is 2.10 bits per heavy atom. The van der Waals surface area contributed by atoms with Gasteiger partial charge in [0, 0.05) is 36.2 Å². The van der Waals surface area contributed by atoms with E-state index in [1.807, 2.05) is 30.3 Å². The molecule has 1 aromatic carbocycles. The molecule has 4 nitrogen and oxygen atoms in total. The minimum atomic E-state index is -0.374. The third-order valence-corrected chi connectivity index (χ3v) is 4.49. The lowest BCUT2D eigenvalue weighted by Gasteiger charge is -2.36. The number of carbonyl (C=O) groups excluding carboxylic acids is 1. The van der Waals surface area contributed by atoms with Gasteiger partial charge in [-0.25, -0.2) is 0 Å². The summed E-state index contributed by atoms with van der Waals surface area (Å²) in [5.74, 6) is 0.293. The highest BCUT2D eigenvalue weighted by Crippen LogP contribution is 2.24. The van der Waals surface area contributed by atoms with E-state index in [4.69, 9.17) is 16.3 Å². The van der Waals surface area contributed by atoms with E-state index in [1.165, 1.54) is 0 Å². The van der Waals surface area contributed by atoms with Crippen LogP contribution in [0.1, 0.15) is 23.2 Å². The van der Waals surface area contributed by atoms with Crippen molar-refractivity contribution in [2.45, 2.75) is 18.4 Å². The lowest BCUT2D eigenvalue weighted by atomic mass is 9.91. The molecule has 2 heterocycles. The van der Waals surface area contributed by atoms with Crippen LogP contribution in [0.15, 0.2) is 36.5 Å². The van der Waals surface area contributed by atoms with Crippen LogP contribution in [0.25, 0.3) is 10.9 Å². The van der Waals surface area contributed by atoms with Crippen molar-refractivity contribution in [3.63, 3.8) is 0 Å². The van der Waals surface area contributed by atoms with Gasteiger partial charge in [-0.15, -0.1) is 11.6 Å². The topological polar surface area (TPSA) is 51.2 Å². The number of hydrogen-bond acceptors (Lipinski definition) is 3. The predicted molar refractivity (Wildman–Crippen MR) is 82.7 cm³/mol. The molecule has 110 valence electrons. The minimum Gasteiger partial charge on any atom is -0.381 e. The predicted octanol–water partition coefficient (Wildman–Crippen LogP) is 2.75. The molecule has 1 fully saturated rings. The molecule has 1 N–H and O–H groups in total. The van der Waals surface area contributed by atoms with Gasteiger partial charge in [0.15, 0.2) is 0 Å². The van der Waals surface area contributed by atoms with Crippen molar-refractivity contribution >= 4 is 28.4 Å². The molecular formula is C16H17ClN2O2. The van der Waals surface area contributed by atoms with Gasteiger partial charge in [0.25, 0.3) is 5.91 Å². The molecule has 1 aliphatic rings. The number of ether oxygens (including phenoxy) is 1. The number of amides is 1. The summed E-state index contributed by atoms with van der Waals surface area (Å²) in [6.45, 7) is 1.26. The van der Waals surface area contributed by atoms with Crippen LogP contribution in [0, 0.1) is 0 Å². The number of nitrogens with zero attached hydrogens (tertiary/aromatic N) is 1. The van der Waals surface area contributed by atoms with Crippen molar-refractivity contribution in [1.29, 1.82) is 0 Å². The third kappa shape index (κ3) is 2.87. The second kappa shape index (κ2) is 6.00. The quantitative estimate of drug-likeness (QED) is 0.887. The molecule has 1 amide bonds. The molecule has 5 heteroatoms. The van der Waals surface area contributed by atoms with Gasteiger partial charge >= 0.3 is 0 Å². The maximum absolute atomic E-state index is 12.7. The molecule has 0 bridgehead atoms. The smallest absolute Gasteiger partial charge is 0.252 e. The Morgan fingerprint density at radius 1 is 1.29 bits per heavy atom. The maximum Gasteiger partial charge on any atom is 0.252 e.